The molecule has 1 N–H and O–H groups in total. The first-order chi connectivity index (χ1) is 14.2. The summed E-state index contributed by atoms with van der Waals surface area (Å²) in [7, 11) is 0. The molecule has 1 fully saturated rings. The first-order valence-electron chi connectivity index (χ1n) is 9.83. The fourth-order valence-electron chi connectivity index (χ4n) is 3.59. The number of para-hydroxylation sites is 1. The summed E-state index contributed by atoms with van der Waals surface area (Å²) in [6, 6.07) is 20.7. The number of hydrogen-bond donors (Lipinski definition) is 1. The van der Waals surface area contributed by atoms with Crippen molar-refractivity contribution < 1.29 is 14.3 Å². The Labute approximate surface area is 170 Å². The number of nitrogens with zero attached hydrogens (tertiary/aromatic N) is 3. The van der Waals surface area contributed by atoms with Crippen LogP contribution in [-0.2, 0) is 11.3 Å². The van der Waals surface area contributed by atoms with Gasteiger partial charge in [0.1, 0.15) is 11.5 Å². The summed E-state index contributed by atoms with van der Waals surface area (Å²) in [5, 5.41) is 9.46. The molecule has 2 heterocycles. The number of amides is 1. The molecule has 29 heavy (non-hydrogen) atoms. The summed E-state index contributed by atoms with van der Waals surface area (Å²) in [6.45, 7) is 4.12. The van der Waals surface area contributed by atoms with Gasteiger partial charge in [-0.2, -0.15) is 0 Å². The van der Waals surface area contributed by atoms with E-state index in [1.54, 1.807) is 23.3 Å². The largest absolute Gasteiger partial charge is 0.508 e. The molecule has 0 aliphatic carbocycles. The van der Waals surface area contributed by atoms with E-state index in [-0.39, 0.29) is 11.7 Å². The van der Waals surface area contributed by atoms with Crippen molar-refractivity contribution in [2.24, 2.45) is 0 Å². The molecule has 0 saturated carbocycles. The summed E-state index contributed by atoms with van der Waals surface area (Å²) in [5.41, 5.74) is 1.97. The minimum Gasteiger partial charge on any atom is -0.508 e. The molecule has 6 heteroatoms. The molecule has 1 aromatic heterocycles. The Morgan fingerprint density at radius 2 is 1.66 bits per heavy atom. The van der Waals surface area contributed by atoms with E-state index in [1.165, 1.54) is 0 Å². The van der Waals surface area contributed by atoms with Gasteiger partial charge in [0, 0.05) is 37.6 Å². The Bertz CT molecular complexity index is 902. The van der Waals surface area contributed by atoms with Crippen molar-refractivity contribution in [1.29, 1.82) is 0 Å². The van der Waals surface area contributed by atoms with Crippen LogP contribution in [0.2, 0.25) is 0 Å². The topological polar surface area (TPSA) is 60.2 Å². The molecule has 4 rings (SSSR count). The van der Waals surface area contributed by atoms with Crippen LogP contribution in [0.4, 0.5) is 11.4 Å². The number of furan rings is 1. The Hall–Kier alpha value is -3.25. The van der Waals surface area contributed by atoms with Gasteiger partial charge in [0.2, 0.25) is 5.91 Å². The van der Waals surface area contributed by atoms with Crippen molar-refractivity contribution in [2.75, 3.05) is 42.5 Å². The van der Waals surface area contributed by atoms with Gasteiger partial charge in [0.05, 0.1) is 19.4 Å². The molecule has 150 valence electrons. The molecule has 0 radical (unpaired) electrons. The van der Waals surface area contributed by atoms with E-state index in [0.717, 1.165) is 43.3 Å². The predicted octanol–water partition coefficient (Wildman–Crippen LogP) is 3.34. The van der Waals surface area contributed by atoms with E-state index in [0.29, 0.717) is 13.1 Å². The number of piperazine rings is 1. The molecule has 2 aromatic carbocycles. The maximum atomic E-state index is 13.1. The highest BCUT2D eigenvalue weighted by Gasteiger charge is 2.23. The van der Waals surface area contributed by atoms with Crippen LogP contribution in [-0.4, -0.2) is 48.6 Å². The van der Waals surface area contributed by atoms with Crippen molar-refractivity contribution >= 4 is 17.3 Å². The summed E-state index contributed by atoms with van der Waals surface area (Å²) in [4.78, 5) is 19.4. The zero-order valence-electron chi connectivity index (χ0n) is 16.3. The third-order valence-electron chi connectivity index (χ3n) is 5.21. The third kappa shape index (κ3) is 4.78. The number of carbonyl (C=O) groups excluding carboxylic acids is 1. The lowest BCUT2D eigenvalue weighted by Gasteiger charge is -2.36. The molecule has 3 aromatic rings. The Kier molecular flexibility index (Phi) is 5.81. The van der Waals surface area contributed by atoms with Crippen LogP contribution < -0.4 is 9.80 Å². The lowest BCUT2D eigenvalue weighted by atomic mass is 10.2. The van der Waals surface area contributed by atoms with Crippen LogP contribution in [0.5, 0.6) is 5.75 Å². The smallest absolute Gasteiger partial charge is 0.241 e. The van der Waals surface area contributed by atoms with E-state index in [9.17, 15) is 9.90 Å². The molecule has 0 unspecified atom stereocenters. The summed E-state index contributed by atoms with van der Waals surface area (Å²) in [6.07, 6.45) is 1.63. The Morgan fingerprint density at radius 1 is 0.931 bits per heavy atom. The third-order valence-corrected chi connectivity index (χ3v) is 5.21. The van der Waals surface area contributed by atoms with Gasteiger partial charge in [0.15, 0.2) is 0 Å². The predicted molar refractivity (Wildman–Crippen MR) is 113 cm³/mol. The normalized spacial score (nSPS) is 14.7. The van der Waals surface area contributed by atoms with Gasteiger partial charge < -0.3 is 19.3 Å². The van der Waals surface area contributed by atoms with Crippen LogP contribution in [0.15, 0.2) is 77.4 Å². The van der Waals surface area contributed by atoms with E-state index in [2.05, 4.69) is 9.80 Å². The van der Waals surface area contributed by atoms with E-state index >= 15 is 0 Å². The van der Waals surface area contributed by atoms with E-state index < -0.39 is 0 Å². The second-order valence-corrected chi connectivity index (χ2v) is 7.17. The molecule has 1 amide bonds. The standard InChI is InChI=1S/C23H25N3O3/c27-21-10-8-19(9-11-21)25-14-12-24(13-15-25)18-23(28)26(17-22-7-4-16-29-22)20-5-2-1-3-6-20/h1-11,16,27H,12-15,17-18H2. The highest BCUT2D eigenvalue weighted by Crippen LogP contribution is 2.21. The molecule has 1 aliphatic rings. The van der Waals surface area contributed by atoms with Crippen molar-refractivity contribution in [2.45, 2.75) is 6.54 Å². The van der Waals surface area contributed by atoms with Gasteiger partial charge in [-0.1, -0.05) is 18.2 Å². The number of anilines is 2. The number of rotatable bonds is 6. The number of benzene rings is 2. The van der Waals surface area contributed by atoms with Crippen LogP contribution in [0.25, 0.3) is 0 Å². The summed E-state index contributed by atoms with van der Waals surface area (Å²) in [5.74, 6) is 1.10. The number of carbonyl (C=O) groups is 1. The molecule has 0 bridgehead atoms. The summed E-state index contributed by atoms with van der Waals surface area (Å²) < 4.78 is 5.47. The van der Waals surface area contributed by atoms with Crippen molar-refractivity contribution in [1.82, 2.24) is 4.90 Å². The van der Waals surface area contributed by atoms with Gasteiger partial charge in [0.25, 0.3) is 0 Å². The van der Waals surface area contributed by atoms with Crippen LogP contribution in [0, 0.1) is 0 Å². The van der Waals surface area contributed by atoms with Gasteiger partial charge in [-0.25, -0.2) is 0 Å². The lowest BCUT2D eigenvalue weighted by molar-refractivity contribution is -0.120. The van der Waals surface area contributed by atoms with Crippen LogP contribution in [0.3, 0.4) is 0 Å². The van der Waals surface area contributed by atoms with Crippen molar-refractivity contribution in [3.8, 4) is 5.75 Å². The fourth-order valence-corrected chi connectivity index (χ4v) is 3.59. The second kappa shape index (κ2) is 8.84. The zero-order valence-corrected chi connectivity index (χ0v) is 16.3. The van der Waals surface area contributed by atoms with Gasteiger partial charge in [-0.3, -0.25) is 9.69 Å². The van der Waals surface area contributed by atoms with Crippen LogP contribution >= 0.6 is 0 Å². The molecule has 1 aliphatic heterocycles. The first kappa shape index (κ1) is 19.1. The minimum atomic E-state index is 0.0608. The lowest BCUT2D eigenvalue weighted by Crippen LogP contribution is -2.50. The number of hydrogen-bond acceptors (Lipinski definition) is 5. The van der Waals surface area contributed by atoms with Crippen molar-refractivity contribution in [3.63, 3.8) is 0 Å². The molecular formula is C23H25N3O3. The Morgan fingerprint density at radius 3 is 2.31 bits per heavy atom. The quantitative estimate of drug-likeness (QED) is 0.698. The molecule has 0 atom stereocenters. The van der Waals surface area contributed by atoms with Crippen LogP contribution in [0.1, 0.15) is 5.76 Å². The zero-order chi connectivity index (χ0) is 20.1. The van der Waals surface area contributed by atoms with Gasteiger partial charge in [-0.15, -0.1) is 0 Å². The highest BCUT2D eigenvalue weighted by atomic mass is 16.3. The molecular weight excluding hydrogens is 366 g/mol. The highest BCUT2D eigenvalue weighted by molar-refractivity contribution is 5.94. The number of phenolic OH excluding ortho intramolecular Hbond substituents is 1. The first-order valence-corrected chi connectivity index (χ1v) is 9.83. The summed E-state index contributed by atoms with van der Waals surface area (Å²) >= 11 is 0. The molecule has 6 nitrogen and oxygen atoms in total. The van der Waals surface area contributed by atoms with E-state index in [4.69, 9.17) is 4.42 Å². The average molecular weight is 391 g/mol. The van der Waals surface area contributed by atoms with Crippen molar-refractivity contribution in [3.05, 3.63) is 78.8 Å². The van der Waals surface area contributed by atoms with Gasteiger partial charge >= 0.3 is 0 Å². The van der Waals surface area contributed by atoms with E-state index in [1.807, 2.05) is 54.6 Å². The molecule has 1 saturated heterocycles. The average Bonchev–Trinajstić information content (AvgIpc) is 3.27. The monoisotopic (exact) mass is 391 g/mol. The minimum absolute atomic E-state index is 0.0608. The SMILES string of the molecule is O=C(CN1CCN(c2ccc(O)cc2)CC1)N(Cc1ccco1)c1ccccc1. The maximum Gasteiger partial charge on any atom is 0.241 e. The molecule has 0 spiro atoms. The number of aromatic hydroxyl groups is 1. The Balaban J connectivity index is 1.38. The van der Waals surface area contributed by atoms with Gasteiger partial charge in [-0.05, 0) is 48.5 Å². The second-order valence-electron chi connectivity index (χ2n) is 7.17. The maximum absolute atomic E-state index is 13.1. The fraction of sp³-hybridized carbons (Fsp3) is 0.261. The number of phenols is 1.